The SMILES string of the molecule is COCC(Oc1c(I)cc(C#N)cc1[N+](=O)[O-])C(=O)NN. The summed E-state index contributed by atoms with van der Waals surface area (Å²) in [4.78, 5) is 21.9. The second kappa shape index (κ2) is 7.72. The number of nitro benzene ring substituents is 1. The molecule has 0 spiro atoms. The summed E-state index contributed by atoms with van der Waals surface area (Å²) in [5, 5.41) is 19.9. The number of nitrogens with one attached hydrogen (secondary N) is 1. The molecule has 3 N–H and O–H groups in total. The zero-order valence-electron chi connectivity index (χ0n) is 10.8. The van der Waals surface area contributed by atoms with Crippen LogP contribution in [0.4, 0.5) is 5.69 Å². The van der Waals surface area contributed by atoms with E-state index in [1.54, 1.807) is 22.6 Å². The van der Waals surface area contributed by atoms with Gasteiger partial charge in [0.15, 0.2) is 0 Å². The maximum absolute atomic E-state index is 11.6. The zero-order chi connectivity index (χ0) is 16.0. The molecule has 0 aliphatic heterocycles. The number of carbonyl (C=O) groups is 1. The van der Waals surface area contributed by atoms with Gasteiger partial charge in [-0.3, -0.25) is 20.3 Å². The van der Waals surface area contributed by atoms with Crippen LogP contribution in [0.5, 0.6) is 5.75 Å². The van der Waals surface area contributed by atoms with E-state index in [0.29, 0.717) is 3.57 Å². The highest BCUT2D eigenvalue weighted by molar-refractivity contribution is 14.1. The number of nitrogens with zero attached hydrogens (tertiary/aromatic N) is 2. The number of hydrogen-bond donors (Lipinski definition) is 2. The Morgan fingerprint density at radius 1 is 1.67 bits per heavy atom. The van der Waals surface area contributed by atoms with E-state index in [0.717, 1.165) is 6.07 Å². The summed E-state index contributed by atoms with van der Waals surface area (Å²) in [6, 6.07) is 4.29. The highest BCUT2D eigenvalue weighted by atomic mass is 127. The summed E-state index contributed by atoms with van der Waals surface area (Å²) < 4.78 is 10.5. The Labute approximate surface area is 133 Å². The van der Waals surface area contributed by atoms with Gasteiger partial charge in [0.2, 0.25) is 11.9 Å². The summed E-state index contributed by atoms with van der Waals surface area (Å²) in [7, 11) is 1.35. The minimum atomic E-state index is -1.15. The van der Waals surface area contributed by atoms with Crippen molar-refractivity contribution in [1.82, 2.24) is 5.43 Å². The van der Waals surface area contributed by atoms with Gasteiger partial charge < -0.3 is 9.47 Å². The molecule has 0 radical (unpaired) electrons. The second-order valence-corrected chi connectivity index (χ2v) is 4.91. The van der Waals surface area contributed by atoms with Crippen LogP contribution in [0.3, 0.4) is 0 Å². The molecule has 0 aliphatic carbocycles. The molecule has 0 aromatic heterocycles. The predicted octanol–water partition coefficient (Wildman–Crippen LogP) is 0.455. The van der Waals surface area contributed by atoms with Crippen LogP contribution < -0.4 is 16.0 Å². The van der Waals surface area contributed by atoms with E-state index in [9.17, 15) is 14.9 Å². The highest BCUT2D eigenvalue weighted by Gasteiger charge is 2.27. The Balaban J connectivity index is 3.25. The fourth-order valence-electron chi connectivity index (χ4n) is 1.45. The highest BCUT2D eigenvalue weighted by Crippen LogP contribution is 2.34. The molecule has 1 atom stereocenters. The van der Waals surface area contributed by atoms with Crippen molar-refractivity contribution in [1.29, 1.82) is 5.26 Å². The van der Waals surface area contributed by atoms with Gasteiger partial charge in [-0.1, -0.05) is 0 Å². The smallest absolute Gasteiger partial charge is 0.313 e. The van der Waals surface area contributed by atoms with Gasteiger partial charge in [0.25, 0.3) is 5.91 Å². The molecule has 1 amide bonds. The first-order valence-electron chi connectivity index (χ1n) is 5.48. The first-order chi connectivity index (χ1) is 9.94. The molecular weight excluding hydrogens is 395 g/mol. The molecule has 112 valence electrons. The molecule has 1 unspecified atom stereocenters. The van der Waals surface area contributed by atoms with Gasteiger partial charge in [0, 0.05) is 13.2 Å². The van der Waals surface area contributed by atoms with Crippen molar-refractivity contribution in [3.8, 4) is 11.8 Å². The molecule has 21 heavy (non-hydrogen) atoms. The zero-order valence-corrected chi connectivity index (χ0v) is 13.0. The number of ether oxygens (including phenoxy) is 2. The first kappa shape index (κ1) is 17.1. The molecular formula is C11H11IN4O5. The fourth-order valence-corrected chi connectivity index (χ4v) is 2.18. The third-order valence-electron chi connectivity index (χ3n) is 2.36. The maximum atomic E-state index is 11.6. The molecule has 0 heterocycles. The Morgan fingerprint density at radius 3 is 2.81 bits per heavy atom. The van der Waals surface area contributed by atoms with E-state index in [1.807, 2.05) is 11.5 Å². The maximum Gasteiger partial charge on any atom is 0.313 e. The average Bonchev–Trinajstić information content (AvgIpc) is 2.46. The Hall–Kier alpha value is -1.97. The Morgan fingerprint density at radius 2 is 2.33 bits per heavy atom. The van der Waals surface area contributed by atoms with Crippen LogP contribution in [-0.2, 0) is 9.53 Å². The van der Waals surface area contributed by atoms with E-state index in [1.165, 1.54) is 13.2 Å². The molecule has 1 aromatic carbocycles. The number of amides is 1. The second-order valence-electron chi connectivity index (χ2n) is 3.75. The quantitative estimate of drug-likeness (QED) is 0.230. The molecule has 1 rings (SSSR count). The Bertz CT molecular complexity index is 601. The van der Waals surface area contributed by atoms with Crippen molar-refractivity contribution in [3.63, 3.8) is 0 Å². The fraction of sp³-hybridized carbons (Fsp3) is 0.273. The van der Waals surface area contributed by atoms with Gasteiger partial charge in [-0.25, -0.2) is 5.84 Å². The molecule has 1 aromatic rings. The average molecular weight is 406 g/mol. The van der Waals surface area contributed by atoms with Crippen LogP contribution in [0.2, 0.25) is 0 Å². The number of hydrogen-bond acceptors (Lipinski definition) is 7. The van der Waals surface area contributed by atoms with E-state index < -0.39 is 22.6 Å². The molecule has 0 saturated carbocycles. The van der Waals surface area contributed by atoms with Gasteiger partial charge in [0.05, 0.1) is 26.7 Å². The third kappa shape index (κ3) is 4.25. The van der Waals surface area contributed by atoms with Crippen molar-refractivity contribution in [3.05, 3.63) is 31.4 Å². The molecule has 9 nitrogen and oxygen atoms in total. The first-order valence-corrected chi connectivity index (χ1v) is 6.56. The van der Waals surface area contributed by atoms with Gasteiger partial charge in [-0.15, -0.1) is 0 Å². The molecule has 0 aliphatic rings. The number of benzene rings is 1. The summed E-state index contributed by atoms with van der Waals surface area (Å²) in [5.41, 5.74) is 1.60. The number of carbonyl (C=O) groups excluding carboxylic acids is 1. The number of nitrogens with two attached hydrogens (primary N) is 1. The minimum Gasteiger partial charge on any atom is -0.470 e. The molecule has 0 saturated heterocycles. The van der Waals surface area contributed by atoms with Crippen molar-refractivity contribution < 1.29 is 19.2 Å². The van der Waals surface area contributed by atoms with E-state index in [4.69, 9.17) is 20.6 Å². The van der Waals surface area contributed by atoms with Crippen LogP contribution in [0.25, 0.3) is 0 Å². The largest absolute Gasteiger partial charge is 0.470 e. The Kier molecular flexibility index (Phi) is 6.28. The van der Waals surface area contributed by atoms with Crippen molar-refractivity contribution in [2.45, 2.75) is 6.10 Å². The van der Waals surface area contributed by atoms with Crippen LogP contribution in [0.1, 0.15) is 5.56 Å². The number of rotatable bonds is 6. The third-order valence-corrected chi connectivity index (χ3v) is 3.16. The normalized spacial score (nSPS) is 11.3. The number of nitriles is 1. The van der Waals surface area contributed by atoms with E-state index in [2.05, 4.69) is 0 Å². The lowest BCUT2D eigenvalue weighted by Crippen LogP contribution is -2.44. The number of nitro groups is 1. The van der Waals surface area contributed by atoms with Crippen LogP contribution in [-0.4, -0.2) is 30.7 Å². The van der Waals surface area contributed by atoms with Gasteiger partial charge in [-0.2, -0.15) is 5.26 Å². The lowest BCUT2D eigenvalue weighted by Gasteiger charge is -2.17. The van der Waals surface area contributed by atoms with E-state index in [-0.39, 0.29) is 17.9 Å². The van der Waals surface area contributed by atoms with Crippen molar-refractivity contribution in [2.75, 3.05) is 13.7 Å². The summed E-state index contributed by atoms with van der Waals surface area (Å²) in [6.45, 7) is -0.143. The summed E-state index contributed by atoms with van der Waals surface area (Å²) >= 11 is 1.78. The summed E-state index contributed by atoms with van der Waals surface area (Å²) in [6.07, 6.45) is -1.15. The summed E-state index contributed by atoms with van der Waals surface area (Å²) in [5.74, 6) is 4.22. The topological polar surface area (TPSA) is 141 Å². The van der Waals surface area contributed by atoms with Gasteiger partial charge in [0.1, 0.15) is 0 Å². The predicted molar refractivity (Wildman–Crippen MR) is 79.2 cm³/mol. The molecule has 10 heteroatoms. The van der Waals surface area contributed by atoms with Crippen LogP contribution in [0.15, 0.2) is 12.1 Å². The van der Waals surface area contributed by atoms with Crippen molar-refractivity contribution >= 4 is 34.2 Å². The molecule has 0 fully saturated rings. The molecule has 0 bridgehead atoms. The number of methoxy groups -OCH3 is 1. The minimum absolute atomic E-state index is 0.116. The van der Waals surface area contributed by atoms with Crippen molar-refractivity contribution in [2.24, 2.45) is 5.84 Å². The van der Waals surface area contributed by atoms with Gasteiger partial charge >= 0.3 is 5.69 Å². The number of halogens is 1. The monoisotopic (exact) mass is 406 g/mol. The lowest BCUT2D eigenvalue weighted by molar-refractivity contribution is -0.386. The van der Waals surface area contributed by atoms with Crippen LogP contribution in [0, 0.1) is 25.0 Å². The lowest BCUT2D eigenvalue weighted by atomic mass is 10.2. The van der Waals surface area contributed by atoms with E-state index >= 15 is 0 Å². The van der Waals surface area contributed by atoms with Crippen LogP contribution >= 0.6 is 22.6 Å². The standard InChI is InChI=1S/C11H11IN4O5/c1-20-5-9(11(17)15-14)21-10-7(12)2-6(4-13)3-8(10)16(18)19/h2-3,9H,5,14H2,1H3,(H,15,17). The van der Waals surface area contributed by atoms with Gasteiger partial charge in [-0.05, 0) is 28.7 Å². The number of hydrazine groups is 1.